The lowest BCUT2D eigenvalue weighted by molar-refractivity contribution is 0.0922. The molecule has 0 radical (unpaired) electrons. The second kappa shape index (κ2) is 5.73. The fourth-order valence-corrected chi connectivity index (χ4v) is 1.61. The second-order valence-corrected chi connectivity index (χ2v) is 4.02. The van der Waals surface area contributed by atoms with Gasteiger partial charge in [0.1, 0.15) is 18.2 Å². The third-order valence-electron chi connectivity index (χ3n) is 2.37. The summed E-state index contributed by atoms with van der Waals surface area (Å²) >= 11 is 5.62. The van der Waals surface area contributed by atoms with Crippen LogP contribution in [-0.4, -0.2) is 5.91 Å². The Labute approximate surface area is 113 Å². The number of ether oxygens (including phenoxy) is 1. The average molecular weight is 285 g/mol. The van der Waals surface area contributed by atoms with Crippen LogP contribution in [0, 0.1) is 5.82 Å². The van der Waals surface area contributed by atoms with E-state index in [2.05, 4.69) is 0 Å². The van der Waals surface area contributed by atoms with E-state index in [0.717, 1.165) is 0 Å². The third-order valence-corrected chi connectivity index (χ3v) is 2.66. The Morgan fingerprint density at radius 2 is 2.26 bits per heavy atom. The largest absolute Gasteiger partial charge is 0.489 e. The van der Waals surface area contributed by atoms with Crippen LogP contribution in [0.3, 0.4) is 0 Å². The van der Waals surface area contributed by atoms with E-state index in [-0.39, 0.29) is 17.4 Å². The normalized spacial score (nSPS) is 10.3. The molecular weight excluding hydrogens is 275 g/mol. The number of nitrogen functional groups attached to an aromatic ring is 1. The second-order valence-electron chi connectivity index (χ2n) is 3.61. The van der Waals surface area contributed by atoms with Gasteiger partial charge in [0.25, 0.3) is 0 Å². The van der Waals surface area contributed by atoms with Crippen LogP contribution in [0.25, 0.3) is 0 Å². The molecule has 0 aliphatic heterocycles. The molecule has 1 aromatic heterocycles. The molecule has 0 fully saturated rings. The van der Waals surface area contributed by atoms with Crippen molar-refractivity contribution in [3.63, 3.8) is 0 Å². The van der Waals surface area contributed by atoms with Crippen molar-refractivity contribution in [2.45, 2.75) is 6.61 Å². The molecule has 0 atom stereocenters. The van der Waals surface area contributed by atoms with Gasteiger partial charge in [-0.05, 0) is 18.2 Å². The number of hydrazine groups is 1. The summed E-state index contributed by atoms with van der Waals surface area (Å²) in [5.41, 5.74) is 2.48. The Hall–Kier alpha value is -2.05. The summed E-state index contributed by atoms with van der Waals surface area (Å²) < 4.78 is 23.3. The lowest BCUT2D eigenvalue weighted by Crippen LogP contribution is -2.30. The number of halogens is 2. The minimum atomic E-state index is -0.555. The standard InChI is InChI=1S/C12H10ClFN2O3/c13-9-5-8(1-2-10(9)14)19-6-7-3-4-18-11(7)12(17)16-15/h1-5H,6,15H2,(H,16,17). The first-order valence-electron chi connectivity index (χ1n) is 5.27. The average Bonchev–Trinajstić information content (AvgIpc) is 2.87. The van der Waals surface area contributed by atoms with Crippen LogP contribution >= 0.6 is 11.6 Å². The molecule has 100 valence electrons. The Kier molecular flexibility index (Phi) is 4.03. The van der Waals surface area contributed by atoms with Crippen molar-refractivity contribution >= 4 is 17.5 Å². The first kappa shape index (κ1) is 13.4. The molecular formula is C12H10ClFN2O3. The first-order chi connectivity index (χ1) is 9.11. The Balaban J connectivity index is 2.08. The van der Waals surface area contributed by atoms with Gasteiger partial charge in [-0.25, -0.2) is 10.2 Å². The van der Waals surface area contributed by atoms with Crippen molar-refractivity contribution in [1.82, 2.24) is 5.43 Å². The van der Waals surface area contributed by atoms with Gasteiger partial charge in [0.15, 0.2) is 5.76 Å². The summed E-state index contributed by atoms with van der Waals surface area (Å²) in [6.07, 6.45) is 1.35. The molecule has 1 amide bonds. The van der Waals surface area contributed by atoms with E-state index in [1.165, 1.54) is 24.5 Å². The highest BCUT2D eigenvalue weighted by molar-refractivity contribution is 6.30. The minimum Gasteiger partial charge on any atom is -0.489 e. The number of amides is 1. The maximum absolute atomic E-state index is 13.0. The highest BCUT2D eigenvalue weighted by atomic mass is 35.5. The van der Waals surface area contributed by atoms with Crippen LogP contribution < -0.4 is 16.0 Å². The van der Waals surface area contributed by atoms with Crippen LogP contribution in [-0.2, 0) is 6.61 Å². The van der Waals surface area contributed by atoms with Gasteiger partial charge in [-0.2, -0.15) is 0 Å². The number of carbonyl (C=O) groups excluding carboxylic acids is 1. The molecule has 2 rings (SSSR count). The van der Waals surface area contributed by atoms with Crippen molar-refractivity contribution in [1.29, 1.82) is 0 Å². The summed E-state index contributed by atoms with van der Waals surface area (Å²) in [6, 6.07) is 5.56. The summed E-state index contributed by atoms with van der Waals surface area (Å²) in [7, 11) is 0. The molecule has 0 aliphatic carbocycles. The molecule has 0 bridgehead atoms. The van der Waals surface area contributed by atoms with E-state index in [1.807, 2.05) is 5.43 Å². The molecule has 19 heavy (non-hydrogen) atoms. The van der Waals surface area contributed by atoms with Crippen LogP contribution in [0.4, 0.5) is 4.39 Å². The molecule has 1 heterocycles. The smallest absolute Gasteiger partial charge is 0.301 e. The van der Waals surface area contributed by atoms with Crippen LogP contribution in [0.15, 0.2) is 34.9 Å². The number of nitrogens with two attached hydrogens (primary N) is 1. The van der Waals surface area contributed by atoms with E-state index in [4.69, 9.17) is 26.6 Å². The maximum atomic E-state index is 13.0. The summed E-state index contributed by atoms with van der Waals surface area (Å²) in [4.78, 5) is 11.3. The van der Waals surface area contributed by atoms with Crippen LogP contribution in [0.5, 0.6) is 5.75 Å². The molecule has 1 aromatic carbocycles. The third kappa shape index (κ3) is 3.04. The number of rotatable bonds is 4. The van der Waals surface area contributed by atoms with Crippen molar-refractivity contribution in [2.75, 3.05) is 0 Å². The molecule has 0 unspecified atom stereocenters. The van der Waals surface area contributed by atoms with Crippen LogP contribution in [0.2, 0.25) is 5.02 Å². The molecule has 2 aromatic rings. The van der Waals surface area contributed by atoms with Crippen molar-refractivity contribution in [3.8, 4) is 5.75 Å². The minimum absolute atomic E-state index is 0.0374. The molecule has 0 saturated heterocycles. The van der Waals surface area contributed by atoms with Crippen molar-refractivity contribution in [2.24, 2.45) is 5.84 Å². The number of benzene rings is 1. The lowest BCUT2D eigenvalue weighted by Gasteiger charge is -2.06. The quantitative estimate of drug-likeness (QED) is 0.513. The summed E-state index contributed by atoms with van der Waals surface area (Å²) in [6.45, 7) is 0.0706. The summed E-state index contributed by atoms with van der Waals surface area (Å²) in [5.74, 6) is 4.38. The number of hydrogen-bond donors (Lipinski definition) is 2. The fourth-order valence-electron chi connectivity index (χ4n) is 1.44. The van der Waals surface area contributed by atoms with E-state index < -0.39 is 11.7 Å². The van der Waals surface area contributed by atoms with Crippen LogP contribution in [0.1, 0.15) is 16.1 Å². The van der Waals surface area contributed by atoms with Gasteiger partial charge in [-0.15, -0.1) is 0 Å². The number of furan rings is 1. The maximum Gasteiger partial charge on any atom is 0.301 e. The topological polar surface area (TPSA) is 77.5 Å². The van der Waals surface area contributed by atoms with Gasteiger partial charge in [0.2, 0.25) is 0 Å². The number of hydrogen-bond acceptors (Lipinski definition) is 4. The monoisotopic (exact) mass is 284 g/mol. The highest BCUT2D eigenvalue weighted by Gasteiger charge is 2.14. The molecule has 7 heteroatoms. The number of nitrogens with one attached hydrogen (secondary N) is 1. The van der Waals surface area contributed by atoms with Gasteiger partial charge in [0, 0.05) is 11.6 Å². The molecule has 5 nitrogen and oxygen atoms in total. The Morgan fingerprint density at radius 1 is 1.47 bits per heavy atom. The SMILES string of the molecule is NNC(=O)c1occc1COc1ccc(F)c(Cl)c1. The number of carbonyl (C=O) groups is 1. The Morgan fingerprint density at radius 3 is 2.95 bits per heavy atom. The van der Waals surface area contributed by atoms with Gasteiger partial charge in [-0.1, -0.05) is 11.6 Å². The summed E-state index contributed by atoms with van der Waals surface area (Å²) in [5, 5.41) is -0.0374. The van der Waals surface area contributed by atoms with Gasteiger partial charge in [0.05, 0.1) is 11.3 Å². The molecule has 0 saturated carbocycles. The zero-order valence-electron chi connectivity index (χ0n) is 9.65. The van der Waals surface area contributed by atoms with Gasteiger partial charge >= 0.3 is 5.91 Å². The van der Waals surface area contributed by atoms with E-state index in [1.54, 1.807) is 6.07 Å². The predicted octanol–water partition coefficient (Wildman–Crippen LogP) is 2.25. The fraction of sp³-hybridized carbons (Fsp3) is 0.0833. The van der Waals surface area contributed by atoms with E-state index >= 15 is 0 Å². The lowest BCUT2D eigenvalue weighted by atomic mass is 10.2. The zero-order chi connectivity index (χ0) is 13.8. The predicted molar refractivity (Wildman–Crippen MR) is 66.1 cm³/mol. The van der Waals surface area contributed by atoms with Gasteiger partial charge < -0.3 is 9.15 Å². The van der Waals surface area contributed by atoms with Gasteiger partial charge in [-0.3, -0.25) is 10.2 Å². The van der Waals surface area contributed by atoms with Crippen molar-refractivity contribution < 1.29 is 18.3 Å². The molecule has 0 aliphatic rings. The van der Waals surface area contributed by atoms with E-state index in [9.17, 15) is 9.18 Å². The first-order valence-corrected chi connectivity index (χ1v) is 5.64. The Bertz CT molecular complexity index is 600. The van der Waals surface area contributed by atoms with Crippen molar-refractivity contribution in [3.05, 3.63) is 52.7 Å². The highest BCUT2D eigenvalue weighted by Crippen LogP contribution is 2.22. The molecule has 3 N–H and O–H groups in total. The molecule has 0 spiro atoms. The van der Waals surface area contributed by atoms with E-state index in [0.29, 0.717) is 11.3 Å². The zero-order valence-corrected chi connectivity index (χ0v) is 10.4.